The molecule has 0 aliphatic heterocycles. The van der Waals surface area contributed by atoms with Crippen LogP contribution in [0, 0.1) is 0 Å². The van der Waals surface area contributed by atoms with Gasteiger partial charge in [-0.25, -0.2) is 0 Å². The minimum Gasteiger partial charge on any atom is -0.456 e. The van der Waals surface area contributed by atoms with Gasteiger partial charge in [0.25, 0.3) is 0 Å². The number of rotatable bonds is 4. The molecule has 0 saturated heterocycles. The van der Waals surface area contributed by atoms with Gasteiger partial charge in [0.1, 0.15) is 11.2 Å². The van der Waals surface area contributed by atoms with E-state index in [0.717, 1.165) is 27.5 Å². The lowest BCUT2D eigenvalue weighted by Crippen LogP contribution is -1.92. The molecule has 0 saturated carbocycles. The molecule has 0 fully saturated rings. The zero-order chi connectivity index (χ0) is 32.3. The normalized spacial score (nSPS) is 11.7. The fraction of sp³-hybridized carbons (Fsp3) is 0. The van der Waals surface area contributed by atoms with Crippen molar-refractivity contribution in [2.45, 2.75) is 0 Å². The fourth-order valence-electron chi connectivity index (χ4n) is 7.80. The van der Waals surface area contributed by atoms with Crippen LogP contribution in [0.25, 0.3) is 98.8 Å². The Labute approximate surface area is 284 Å². The first-order chi connectivity index (χ1) is 24.3. The van der Waals surface area contributed by atoms with Crippen LogP contribution in [0.2, 0.25) is 0 Å². The van der Waals surface area contributed by atoms with E-state index < -0.39 is 0 Å². The standard InChI is InChI=1S/C48H30O/c1-3-14-31(15-4-1)33-20-13-21-36(26-33)46-38-22-9-11-24-40(38)47(41-25-12-10-23-39(41)46)43-28-37(32-16-5-2-6-17-32)30-45-48(43)42-27-34-18-7-8-19-35(34)29-44(42)49-45/h1-30H. The van der Waals surface area contributed by atoms with Gasteiger partial charge in [0.05, 0.1) is 0 Å². The second-order valence-corrected chi connectivity index (χ2v) is 12.8. The summed E-state index contributed by atoms with van der Waals surface area (Å²) in [6.45, 7) is 0. The molecule has 0 amide bonds. The van der Waals surface area contributed by atoms with Gasteiger partial charge in [-0.2, -0.15) is 0 Å². The number of hydrogen-bond donors (Lipinski definition) is 0. The highest BCUT2D eigenvalue weighted by Crippen LogP contribution is 2.48. The van der Waals surface area contributed by atoms with Crippen molar-refractivity contribution in [1.82, 2.24) is 0 Å². The molecule has 0 spiro atoms. The molecule has 1 heteroatoms. The summed E-state index contributed by atoms with van der Waals surface area (Å²) in [5.41, 5.74) is 11.4. The SMILES string of the molecule is c1ccc(-c2cccc(-c3c4ccccc4c(-c4cc(-c5ccccc5)cc5oc6cc7ccccc7cc6c45)c4ccccc34)c2)cc1. The second kappa shape index (κ2) is 11.1. The summed E-state index contributed by atoms with van der Waals surface area (Å²) < 4.78 is 6.76. The number of furan rings is 1. The summed E-state index contributed by atoms with van der Waals surface area (Å²) in [7, 11) is 0. The van der Waals surface area contributed by atoms with Crippen molar-refractivity contribution in [2.24, 2.45) is 0 Å². The first-order valence-corrected chi connectivity index (χ1v) is 16.8. The molecule has 1 nitrogen and oxygen atoms in total. The predicted octanol–water partition coefficient (Wildman–Crippen LogP) is 13.7. The Morgan fingerprint density at radius 3 is 1.45 bits per heavy atom. The molecule has 228 valence electrons. The smallest absolute Gasteiger partial charge is 0.136 e. The lowest BCUT2D eigenvalue weighted by atomic mass is 9.83. The maximum Gasteiger partial charge on any atom is 0.136 e. The molecule has 0 atom stereocenters. The van der Waals surface area contributed by atoms with E-state index in [1.807, 2.05) is 0 Å². The maximum absolute atomic E-state index is 6.76. The third-order valence-corrected chi connectivity index (χ3v) is 10.0. The molecule has 10 rings (SSSR count). The predicted molar refractivity (Wildman–Crippen MR) is 208 cm³/mol. The summed E-state index contributed by atoms with van der Waals surface area (Å²) >= 11 is 0. The molecule has 0 bridgehead atoms. The Hall–Kier alpha value is -6.44. The zero-order valence-corrected chi connectivity index (χ0v) is 26.7. The quantitative estimate of drug-likeness (QED) is 0.178. The molecule has 0 N–H and O–H groups in total. The van der Waals surface area contributed by atoms with E-state index in [-0.39, 0.29) is 0 Å². The minimum absolute atomic E-state index is 0.898. The van der Waals surface area contributed by atoms with Crippen LogP contribution in [0.4, 0.5) is 0 Å². The molecular weight excluding hydrogens is 593 g/mol. The Balaban J connectivity index is 1.34. The van der Waals surface area contributed by atoms with Gasteiger partial charge >= 0.3 is 0 Å². The van der Waals surface area contributed by atoms with Crippen LogP contribution in [0.15, 0.2) is 186 Å². The van der Waals surface area contributed by atoms with Crippen molar-refractivity contribution in [1.29, 1.82) is 0 Å². The van der Waals surface area contributed by atoms with E-state index in [4.69, 9.17) is 4.42 Å². The highest BCUT2D eigenvalue weighted by Gasteiger charge is 2.22. The van der Waals surface area contributed by atoms with E-state index in [0.29, 0.717) is 0 Å². The molecule has 0 radical (unpaired) electrons. The molecule has 0 unspecified atom stereocenters. The Morgan fingerprint density at radius 2 is 0.796 bits per heavy atom. The second-order valence-electron chi connectivity index (χ2n) is 12.8. The topological polar surface area (TPSA) is 13.1 Å². The average molecular weight is 623 g/mol. The third kappa shape index (κ3) is 4.47. The number of benzene rings is 9. The van der Waals surface area contributed by atoms with Gasteiger partial charge in [0.15, 0.2) is 0 Å². The summed E-state index contributed by atoms with van der Waals surface area (Å²) in [5, 5.41) is 9.59. The molecule has 49 heavy (non-hydrogen) atoms. The number of fused-ring (bicyclic) bond motifs is 6. The maximum atomic E-state index is 6.76. The first kappa shape index (κ1) is 27.7. The molecule has 9 aromatic carbocycles. The molecule has 0 aliphatic carbocycles. The average Bonchev–Trinajstić information content (AvgIpc) is 3.53. The first-order valence-electron chi connectivity index (χ1n) is 16.8. The van der Waals surface area contributed by atoms with Gasteiger partial charge in [0.2, 0.25) is 0 Å². The summed E-state index contributed by atoms with van der Waals surface area (Å²) in [5.74, 6) is 0. The van der Waals surface area contributed by atoms with Crippen LogP contribution >= 0.6 is 0 Å². The van der Waals surface area contributed by atoms with Crippen molar-refractivity contribution in [3.05, 3.63) is 182 Å². The highest BCUT2D eigenvalue weighted by molar-refractivity contribution is 6.26. The summed E-state index contributed by atoms with van der Waals surface area (Å²) in [6, 6.07) is 65.7. The molecule has 1 aromatic heterocycles. The van der Waals surface area contributed by atoms with Crippen LogP contribution < -0.4 is 0 Å². The van der Waals surface area contributed by atoms with Gasteiger partial charge in [0, 0.05) is 10.8 Å². The summed E-state index contributed by atoms with van der Waals surface area (Å²) in [4.78, 5) is 0. The number of hydrogen-bond acceptors (Lipinski definition) is 1. The Morgan fingerprint density at radius 1 is 0.286 bits per heavy atom. The van der Waals surface area contributed by atoms with E-state index in [2.05, 4.69) is 182 Å². The molecular formula is C48H30O. The molecule has 1 heterocycles. The lowest BCUT2D eigenvalue weighted by Gasteiger charge is -2.19. The van der Waals surface area contributed by atoms with E-state index in [1.54, 1.807) is 0 Å². The molecule has 0 aliphatic rings. The van der Waals surface area contributed by atoms with Crippen molar-refractivity contribution in [3.63, 3.8) is 0 Å². The van der Waals surface area contributed by atoms with Crippen molar-refractivity contribution < 1.29 is 4.42 Å². The Bertz CT molecular complexity index is 2800. The van der Waals surface area contributed by atoms with Crippen molar-refractivity contribution in [2.75, 3.05) is 0 Å². The molecule has 10 aromatic rings. The highest BCUT2D eigenvalue weighted by atomic mass is 16.3. The van der Waals surface area contributed by atoms with Gasteiger partial charge < -0.3 is 4.42 Å². The van der Waals surface area contributed by atoms with E-state index in [9.17, 15) is 0 Å². The van der Waals surface area contributed by atoms with E-state index >= 15 is 0 Å². The monoisotopic (exact) mass is 622 g/mol. The van der Waals surface area contributed by atoms with Gasteiger partial charge in [-0.15, -0.1) is 0 Å². The largest absolute Gasteiger partial charge is 0.456 e. The lowest BCUT2D eigenvalue weighted by molar-refractivity contribution is 0.669. The summed E-state index contributed by atoms with van der Waals surface area (Å²) in [6.07, 6.45) is 0. The van der Waals surface area contributed by atoms with Crippen molar-refractivity contribution >= 4 is 54.3 Å². The zero-order valence-electron chi connectivity index (χ0n) is 26.7. The third-order valence-electron chi connectivity index (χ3n) is 10.0. The van der Waals surface area contributed by atoms with Gasteiger partial charge in [-0.3, -0.25) is 0 Å². The van der Waals surface area contributed by atoms with Crippen LogP contribution in [0.1, 0.15) is 0 Å². The van der Waals surface area contributed by atoms with Crippen LogP contribution in [0.3, 0.4) is 0 Å². The van der Waals surface area contributed by atoms with Crippen LogP contribution in [-0.2, 0) is 0 Å². The van der Waals surface area contributed by atoms with Crippen LogP contribution in [0.5, 0.6) is 0 Å². The van der Waals surface area contributed by atoms with Gasteiger partial charge in [-0.1, -0.05) is 152 Å². The van der Waals surface area contributed by atoms with E-state index in [1.165, 1.54) is 71.3 Å². The van der Waals surface area contributed by atoms with Crippen LogP contribution in [-0.4, -0.2) is 0 Å². The van der Waals surface area contributed by atoms with Crippen molar-refractivity contribution in [3.8, 4) is 44.5 Å². The van der Waals surface area contributed by atoms with Gasteiger partial charge in [-0.05, 0) is 107 Å². The fourth-order valence-corrected chi connectivity index (χ4v) is 7.80. The minimum atomic E-state index is 0.898. The Kier molecular flexibility index (Phi) is 6.25.